The van der Waals surface area contributed by atoms with E-state index in [2.05, 4.69) is 4.98 Å². The molecule has 1 aliphatic carbocycles. The van der Waals surface area contributed by atoms with E-state index < -0.39 is 11.3 Å². The summed E-state index contributed by atoms with van der Waals surface area (Å²) < 4.78 is 29.0. The van der Waals surface area contributed by atoms with E-state index in [1.807, 2.05) is 40.7 Å². The van der Waals surface area contributed by atoms with E-state index in [-0.39, 0.29) is 17.9 Å². The van der Waals surface area contributed by atoms with Crippen molar-refractivity contribution in [3.8, 4) is 0 Å². The van der Waals surface area contributed by atoms with Gasteiger partial charge in [0.15, 0.2) is 0 Å². The van der Waals surface area contributed by atoms with Gasteiger partial charge in [0, 0.05) is 35.2 Å². The average molecular weight is 291 g/mol. The van der Waals surface area contributed by atoms with E-state index in [4.69, 9.17) is 0 Å². The third kappa shape index (κ3) is 2.33. The van der Waals surface area contributed by atoms with Crippen LogP contribution in [0, 0.1) is 5.92 Å². The van der Waals surface area contributed by atoms with Crippen LogP contribution in [0.1, 0.15) is 52.2 Å². The summed E-state index contributed by atoms with van der Waals surface area (Å²) in [6, 6.07) is 5.10. The molecule has 3 heteroatoms. The molecule has 21 heavy (non-hydrogen) atoms. The minimum atomic E-state index is -2.77. The van der Waals surface area contributed by atoms with Gasteiger partial charge in [0.25, 0.3) is 5.92 Å². The zero-order valence-electron chi connectivity index (χ0n) is 13.4. The molecule has 0 aliphatic heterocycles. The number of hydrogen-bond donors (Lipinski definition) is 0. The summed E-state index contributed by atoms with van der Waals surface area (Å²) in [6.45, 7) is 9.93. The number of halogens is 2. The number of hydrogen-bond acceptors (Lipinski definition) is 1. The molecule has 1 aromatic carbocycles. The Bertz CT molecular complexity index is 643. The lowest BCUT2D eigenvalue weighted by atomic mass is 9.64. The van der Waals surface area contributed by atoms with E-state index in [1.165, 1.54) is 0 Å². The highest BCUT2D eigenvalue weighted by Crippen LogP contribution is 2.53. The molecule has 1 aromatic heterocycles. The maximum Gasteiger partial charge on any atom is 0.274 e. The largest absolute Gasteiger partial charge is 0.274 e. The van der Waals surface area contributed by atoms with Gasteiger partial charge in [-0.25, -0.2) is 8.78 Å². The number of alkyl halides is 2. The topological polar surface area (TPSA) is 12.9 Å². The molecule has 0 spiro atoms. The summed E-state index contributed by atoms with van der Waals surface area (Å²) in [7, 11) is 0. The van der Waals surface area contributed by atoms with Gasteiger partial charge in [0.05, 0.1) is 0 Å². The number of pyridine rings is 1. The Morgan fingerprint density at radius 2 is 1.76 bits per heavy atom. The van der Waals surface area contributed by atoms with Crippen LogP contribution >= 0.6 is 0 Å². The molecule has 1 nitrogen and oxygen atoms in total. The molecule has 0 radical (unpaired) electrons. The van der Waals surface area contributed by atoms with E-state index in [0.717, 1.165) is 10.9 Å². The minimum Gasteiger partial charge on any atom is -0.264 e. The molecule has 1 aliphatic rings. The molecule has 0 saturated carbocycles. The van der Waals surface area contributed by atoms with Crippen molar-refractivity contribution in [3.63, 3.8) is 0 Å². The molecule has 0 N–H and O–H groups in total. The number of rotatable bonds is 1. The highest BCUT2D eigenvalue weighted by Gasteiger charge is 2.49. The molecule has 0 saturated heterocycles. The van der Waals surface area contributed by atoms with E-state index in [0.29, 0.717) is 5.39 Å². The van der Waals surface area contributed by atoms with Crippen LogP contribution in [-0.2, 0) is 11.3 Å². The molecule has 0 fully saturated rings. The summed E-state index contributed by atoms with van der Waals surface area (Å²) in [4.78, 5) is 4.24. The first kappa shape index (κ1) is 15.9. The molecule has 1 unspecified atom stereocenters. The summed E-state index contributed by atoms with van der Waals surface area (Å²) in [6.07, 6.45) is 3.29. The number of nitrogens with zero attached hydrogens (tertiary/aromatic N) is 1. The first-order valence-electron chi connectivity index (χ1n) is 7.62. The number of aromatic nitrogens is 1. The second-order valence-electron chi connectivity index (χ2n) is 6.04. The fraction of sp³-hybridized carbons (Fsp3) is 0.500. The maximum atomic E-state index is 14.5. The monoisotopic (exact) mass is 291 g/mol. The van der Waals surface area contributed by atoms with Gasteiger partial charge in [-0.1, -0.05) is 52.8 Å². The van der Waals surface area contributed by atoms with Crippen LogP contribution in [0.3, 0.4) is 0 Å². The lowest BCUT2D eigenvalue weighted by molar-refractivity contribution is -0.0434. The van der Waals surface area contributed by atoms with Crippen molar-refractivity contribution >= 4 is 10.8 Å². The molecule has 114 valence electrons. The first-order valence-corrected chi connectivity index (χ1v) is 7.62. The average Bonchev–Trinajstić information content (AvgIpc) is 2.46. The Labute approximate surface area is 125 Å². The Morgan fingerprint density at radius 3 is 2.38 bits per heavy atom. The fourth-order valence-corrected chi connectivity index (χ4v) is 3.14. The lowest BCUT2D eigenvalue weighted by Crippen LogP contribution is -2.39. The highest BCUT2D eigenvalue weighted by molar-refractivity contribution is 5.90. The van der Waals surface area contributed by atoms with Gasteiger partial charge in [0.1, 0.15) is 0 Å². The van der Waals surface area contributed by atoms with Crippen molar-refractivity contribution in [1.29, 1.82) is 0 Å². The predicted molar refractivity (Wildman–Crippen MR) is 83.8 cm³/mol. The minimum absolute atomic E-state index is 0.138. The van der Waals surface area contributed by atoms with Gasteiger partial charge in [-0.3, -0.25) is 4.98 Å². The second kappa shape index (κ2) is 5.36. The summed E-state index contributed by atoms with van der Waals surface area (Å²) >= 11 is 0. The third-order valence-corrected chi connectivity index (χ3v) is 4.66. The van der Waals surface area contributed by atoms with Gasteiger partial charge in [0.2, 0.25) is 0 Å². The van der Waals surface area contributed by atoms with Gasteiger partial charge >= 0.3 is 0 Å². The molecular weight excluding hydrogens is 268 g/mol. The van der Waals surface area contributed by atoms with Gasteiger partial charge in [-0.05, 0) is 16.9 Å². The van der Waals surface area contributed by atoms with Crippen LogP contribution in [0.25, 0.3) is 10.8 Å². The van der Waals surface area contributed by atoms with Crippen molar-refractivity contribution in [3.05, 3.63) is 41.7 Å². The van der Waals surface area contributed by atoms with Crippen LogP contribution < -0.4 is 0 Å². The van der Waals surface area contributed by atoms with Crippen LogP contribution in [0.5, 0.6) is 0 Å². The predicted octanol–water partition coefficient (Wildman–Crippen LogP) is 5.67. The Balaban J connectivity index is 0.000000774. The van der Waals surface area contributed by atoms with Crippen molar-refractivity contribution in [2.75, 3.05) is 0 Å². The van der Waals surface area contributed by atoms with E-state index in [1.54, 1.807) is 24.5 Å². The lowest BCUT2D eigenvalue weighted by Gasteiger charge is -2.42. The third-order valence-electron chi connectivity index (χ3n) is 4.66. The fourth-order valence-electron chi connectivity index (χ4n) is 3.14. The van der Waals surface area contributed by atoms with Crippen molar-refractivity contribution in [2.24, 2.45) is 5.92 Å². The van der Waals surface area contributed by atoms with Crippen molar-refractivity contribution in [2.45, 2.75) is 52.4 Å². The van der Waals surface area contributed by atoms with Gasteiger partial charge < -0.3 is 0 Å². The molecule has 1 atom stereocenters. The molecule has 2 aromatic rings. The van der Waals surface area contributed by atoms with Gasteiger partial charge in [-0.2, -0.15) is 0 Å². The standard InChI is InChI=1S/C16H17F2N.C2H6/c1-10(2)15(3)9-16(17,18)12-6-4-5-11-7-19-8-13(15)14(11)12;1-2/h4-8,10H,9H2,1-3H3;1-2H3. The summed E-state index contributed by atoms with van der Waals surface area (Å²) in [5.74, 6) is -2.63. The molecule has 1 heterocycles. The summed E-state index contributed by atoms with van der Waals surface area (Å²) in [5, 5.41) is 1.51. The van der Waals surface area contributed by atoms with Crippen LogP contribution in [0.2, 0.25) is 0 Å². The Kier molecular flexibility index (Phi) is 4.05. The Hall–Kier alpha value is -1.51. The molecule has 0 bridgehead atoms. The normalized spacial score (nSPS) is 22.9. The van der Waals surface area contributed by atoms with Crippen molar-refractivity contribution < 1.29 is 8.78 Å². The highest BCUT2D eigenvalue weighted by atomic mass is 19.3. The van der Waals surface area contributed by atoms with Crippen LogP contribution in [0.4, 0.5) is 8.78 Å². The Morgan fingerprint density at radius 1 is 1.10 bits per heavy atom. The zero-order chi connectivity index (χ0) is 15.8. The smallest absolute Gasteiger partial charge is 0.264 e. The second-order valence-corrected chi connectivity index (χ2v) is 6.04. The van der Waals surface area contributed by atoms with Crippen molar-refractivity contribution in [1.82, 2.24) is 4.98 Å². The van der Waals surface area contributed by atoms with Gasteiger partial charge in [-0.15, -0.1) is 0 Å². The van der Waals surface area contributed by atoms with E-state index in [9.17, 15) is 8.78 Å². The molecule has 0 amide bonds. The molecule has 3 rings (SSSR count). The quantitative estimate of drug-likeness (QED) is 0.659. The zero-order valence-corrected chi connectivity index (χ0v) is 13.4. The summed E-state index contributed by atoms with van der Waals surface area (Å²) in [5.41, 5.74) is 0.576. The van der Waals surface area contributed by atoms with E-state index >= 15 is 0 Å². The number of benzene rings is 1. The van der Waals surface area contributed by atoms with Crippen LogP contribution in [-0.4, -0.2) is 4.98 Å². The molecular formula is C18H23F2N. The SMILES string of the molecule is CC.CC(C)C1(C)CC(F)(F)c2cccc3cncc1c23. The first-order chi connectivity index (χ1) is 9.86. The van der Waals surface area contributed by atoms with Crippen LogP contribution in [0.15, 0.2) is 30.6 Å². The maximum absolute atomic E-state index is 14.5.